The summed E-state index contributed by atoms with van der Waals surface area (Å²) in [5.74, 6) is 0. The Morgan fingerprint density at radius 1 is 0.278 bits per heavy atom. The molecule has 14 rings (SSSR count). The molecule has 0 spiro atoms. The van der Waals surface area contributed by atoms with Crippen LogP contribution in [-0.2, 0) is 0 Å². The minimum Gasteiger partial charge on any atom is -0.355 e. The van der Waals surface area contributed by atoms with Gasteiger partial charge in [0, 0.05) is 55.5 Å². The lowest BCUT2D eigenvalue weighted by Gasteiger charge is -2.13. The highest BCUT2D eigenvalue weighted by atomic mass is 15.0. The number of nitrogens with one attached hydrogen (secondary N) is 3. The SMILES string of the molecule is C1=Cc2cc3c(-c4ccccc4)c(-c4ccccc4)c(c(-c4ccccc4)c4nc(cc5ccc(cc1n2)[nH]5)C=C4)n3-c1ccccc1.C1=Cc2cc3ccc(cc4ccc(cc5nc(cc1n2)C=C5)[nH]4)[nH]3. The molecule has 6 aromatic heterocycles. The molecule has 4 aliphatic heterocycles. The summed E-state index contributed by atoms with van der Waals surface area (Å²) in [6.45, 7) is 0. The van der Waals surface area contributed by atoms with Gasteiger partial charge in [-0.2, -0.15) is 0 Å². The zero-order valence-corrected chi connectivity index (χ0v) is 38.9. The van der Waals surface area contributed by atoms with Crippen molar-refractivity contribution in [1.29, 1.82) is 0 Å². The minimum absolute atomic E-state index is 0.889. The van der Waals surface area contributed by atoms with Crippen LogP contribution < -0.4 is 0 Å². The molecule has 3 N–H and O–H groups in total. The first kappa shape index (κ1) is 42.2. The highest BCUT2D eigenvalue weighted by Crippen LogP contribution is 2.47. The molecule has 0 unspecified atom stereocenters. The van der Waals surface area contributed by atoms with Crippen molar-refractivity contribution in [3.63, 3.8) is 0 Å². The Hall–Kier alpha value is -9.92. The number of fused-ring (bicyclic) bond motifs is 16. The number of benzene rings is 4. The molecular weight excluding hydrogens is 881 g/mol. The summed E-state index contributed by atoms with van der Waals surface area (Å²) in [6.07, 6.45) is 16.5. The number of hydrogen-bond acceptors (Lipinski definition) is 4. The molecule has 10 heterocycles. The summed E-state index contributed by atoms with van der Waals surface area (Å²) in [5.41, 5.74) is 23.3. The fraction of sp³-hybridized carbons (Fsp3) is 0. The third-order valence-electron chi connectivity index (χ3n) is 12.9. The van der Waals surface area contributed by atoms with Gasteiger partial charge in [-0.05, 0) is 156 Å². The second-order valence-corrected chi connectivity index (χ2v) is 17.9. The standard InChI is InChI=1S/C44H30N4.C20H14N4/c1-5-13-30(14-6-1)41-39-26-25-36(47-39)28-35-22-21-33(45-35)27-34-23-24-37(46-34)29-40-42(31-15-7-2-8-16-31)43(32-17-9-3-10-18-32)44(41)48(40)38-19-11-4-12-20-38;1-2-14-10-16-5-6-18(23-16)12-20-8-7-19(24-20)11-17-4-3-15(22-17)9-13(1)21-14/h1-29,45H;1-12,21-22H. The lowest BCUT2D eigenvalue weighted by atomic mass is 9.93. The van der Waals surface area contributed by atoms with Crippen LogP contribution in [0.1, 0.15) is 45.6 Å². The Kier molecular flexibility index (Phi) is 10.7. The van der Waals surface area contributed by atoms with E-state index in [1.807, 2.05) is 42.5 Å². The first-order valence-corrected chi connectivity index (χ1v) is 24.0. The Morgan fingerprint density at radius 3 is 1.08 bits per heavy atom. The van der Waals surface area contributed by atoms with E-state index < -0.39 is 0 Å². The quantitative estimate of drug-likeness (QED) is 0.164. The van der Waals surface area contributed by atoms with Gasteiger partial charge in [-0.25, -0.2) is 19.9 Å². The Labute approximate surface area is 415 Å². The van der Waals surface area contributed by atoms with Crippen molar-refractivity contribution >= 4 is 92.7 Å². The Bertz CT molecular complexity index is 4100. The van der Waals surface area contributed by atoms with Crippen LogP contribution in [0.25, 0.3) is 132 Å². The fourth-order valence-electron chi connectivity index (χ4n) is 9.76. The number of rotatable bonds is 4. The van der Waals surface area contributed by atoms with E-state index in [1.54, 1.807) is 0 Å². The third-order valence-corrected chi connectivity index (χ3v) is 12.9. The van der Waals surface area contributed by atoms with Crippen LogP contribution in [0.3, 0.4) is 0 Å². The first-order valence-electron chi connectivity index (χ1n) is 24.0. The molecule has 8 nitrogen and oxygen atoms in total. The molecular formula is C64H44N8. The summed E-state index contributed by atoms with van der Waals surface area (Å²) in [5, 5.41) is 0. The lowest BCUT2D eigenvalue weighted by Crippen LogP contribution is -1.97. The molecule has 0 radical (unpaired) electrons. The van der Waals surface area contributed by atoms with Crippen LogP contribution in [0.5, 0.6) is 0 Å². The third kappa shape index (κ3) is 8.50. The number of aromatic amines is 3. The number of hydrogen-bond donors (Lipinski definition) is 3. The van der Waals surface area contributed by atoms with Gasteiger partial charge in [-0.1, -0.05) is 109 Å². The summed E-state index contributed by atoms with van der Waals surface area (Å²) >= 11 is 0. The smallest absolute Gasteiger partial charge is 0.0737 e. The Morgan fingerprint density at radius 2 is 0.625 bits per heavy atom. The molecule has 10 aromatic rings. The zero-order valence-electron chi connectivity index (χ0n) is 38.9. The molecule has 340 valence electrons. The van der Waals surface area contributed by atoms with Gasteiger partial charge in [0.05, 0.1) is 56.6 Å². The maximum Gasteiger partial charge on any atom is 0.0737 e. The number of para-hydroxylation sites is 1. The van der Waals surface area contributed by atoms with Crippen molar-refractivity contribution in [2.45, 2.75) is 0 Å². The average molecular weight is 925 g/mol. The van der Waals surface area contributed by atoms with Gasteiger partial charge < -0.3 is 19.5 Å². The van der Waals surface area contributed by atoms with Crippen molar-refractivity contribution in [3.05, 3.63) is 246 Å². The molecule has 4 aliphatic rings. The molecule has 0 atom stereocenters. The maximum absolute atomic E-state index is 5.29. The van der Waals surface area contributed by atoms with E-state index in [0.717, 1.165) is 129 Å². The minimum atomic E-state index is 0.889. The number of nitrogens with zero attached hydrogens (tertiary/aromatic N) is 5. The van der Waals surface area contributed by atoms with Crippen LogP contribution >= 0.6 is 0 Å². The van der Waals surface area contributed by atoms with Crippen LogP contribution in [0.2, 0.25) is 0 Å². The highest BCUT2D eigenvalue weighted by Gasteiger charge is 2.25. The lowest BCUT2D eigenvalue weighted by molar-refractivity contribution is 1.17. The van der Waals surface area contributed by atoms with E-state index in [4.69, 9.17) is 9.97 Å². The predicted octanol–water partition coefficient (Wildman–Crippen LogP) is 15.8. The van der Waals surface area contributed by atoms with E-state index in [1.165, 1.54) is 0 Å². The largest absolute Gasteiger partial charge is 0.355 e. The van der Waals surface area contributed by atoms with Crippen molar-refractivity contribution in [2.75, 3.05) is 0 Å². The van der Waals surface area contributed by atoms with E-state index in [9.17, 15) is 0 Å². The van der Waals surface area contributed by atoms with Crippen molar-refractivity contribution < 1.29 is 0 Å². The maximum atomic E-state index is 5.29. The first-order chi connectivity index (χ1) is 35.6. The summed E-state index contributed by atoms with van der Waals surface area (Å²) in [7, 11) is 0. The predicted molar refractivity (Wildman–Crippen MR) is 299 cm³/mol. The van der Waals surface area contributed by atoms with Gasteiger partial charge in [-0.3, -0.25) is 0 Å². The Balaban J connectivity index is 0.000000175. The molecule has 0 aliphatic carbocycles. The monoisotopic (exact) mass is 924 g/mol. The molecule has 8 heteroatoms. The van der Waals surface area contributed by atoms with Crippen LogP contribution in [-0.4, -0.2) is 39.5 Å². The highest BCUT2D eigenvalue weighted by molar-refractivity contribution is 6.10. The van der Waals surface area contributed by atoms with E-state index in [-0.39, 0.29) is 0 Å². The van der Waals surface area contributed by atoms with Gasteiger partial charge in [0.2, 0.25) is 0 Å². The van der Waals surface area contributed by atoms with Crippen LogP contribution in [0.4, 0.5) is 0 Å². The zero-order chi connectivity index (χ0) is 47.8. The van der Waals surface area contributed by atoms with Gasteiger partial charge in [0.15, 0.2) is 0 Å². The fourth-order valence-corrected chi connectivity index (χ4v) is 9.76. The molecule has 4 aromatic carbocycles. The molecule has 0 saturated carbocycles. The topological polar surface area (TPSA) is 104 Å². The van der Waals surface area contributed by atoms with Crippen molar-refractivity contribution in [2.24, 2.45) is 0 Å². The summed E-state index contributed by atoms with van der Waals surface area (Å²) < 4.78 is 2.41. The molecule has 0 amide bonds. The second kappa shape index (κ2) is 18.2. The molecule has 0 saturated heterocycles. The number of H-pyrrole nitrogens is 3. The van der Waals surface area contributed by atoms with Gasteiger partial charge in [-0.15, -0.1) is 0 Å². The van der Waals surface area contributed by atoms with Crippen molar-refractivity contribution in [3.8, 4) is 39.1 Å². The van der Waals surface area contributed by atoms with E-state index in [0.29, 0.717) is 0 Å². The van der Waals surface area contributed by atoms with E-state index >= 15 is 0 Å². The number of aromatic nitrogens is 8. The normalized spacial score (nSPS) is 12.2. The van der Waals surface area contributed by atoms with Crippen LogP contribution in [0, 0.1) is 0 Å². The van der Waals surface area contributed by atoms with Gasteiger partial charge in [0.1, 0.15) is 0 Å². The van der Waals surface area contributed by atoms with Gasteiger partial charge >= 0.3 is 0 Å². The molecule has 0 fully saturated rings. The second-order valence-electron chi connectivity index (χ2n) is 17.9. The molecule has 16 bridgehead atoms. The van der Waals surface area contributed by atoms with Crippen LogP contribution in [0.15, 0.2) is 200 Å². The molecule has 72 heavy (non-hydrogen) atoms. The summed E-state index contributed by atoms with van der Waals surface area (Å²) in [4.78, 5) is 29.9. The average Bonchev–Trinajstić information content (AvgIpc) is 4.28. The van der Waals surface area contributed by atoms with Crippen molar-refractivity contribution in [1.82, 2.24) is 39.5 Å². The summed E-state index contributed by atoms with van der Waals surface area (Å²) in [6, 6.07) is 69.7. The van der Waals surface area contributed by atoms with Gasteiger partial charge in [0.25, 0.3) is 0 Å². The van der Waals surface area contributed by atoms with E-state index in [2.05, 4.69) is 236 Å².